The number of hydrogen-bond acceptors (Lipinski definition) is 28. The molecule has 2 aliphatic heterocycles. The van der Waals surface area contributed by atoms with Crippen LogP contribution in [0.4, 0.5) is 21.0 Å². The first-order valence-electron chi connectivity index (χ1n) is 47.4. The van der Waals surface area contributed by atoms with Crippen molar-refractivity contribution in [2.24, 2.45) is 40.2 Å². The van der Waals surface area contributed by atoms with Crippen molar-refractivity contribution in [3.8, 4) is 22.5 Å². The van der Waals surface area contributed by atoms with Crippen molar-refractivity contribution in [3.63, 3.8) is 0 Å². The van der Waals surface area contributed by atoms with E-state index in [4.69, 9.17) is 67.1 Å². The van der Waals surface area contributed by atoms with Gasteiger partial charge in [-0.15, -0.1) is 5.10 Å². The number of allylic oxidation sites excluding steroid dienone is 4. The molecule has 0 bridgehead atoms. The standard InChI is InChI=1S/C97H133N13O27S/c1-6-15-86-136-79-58-74-72-28-25-68-57-70(111)31-34-95(68,4)87(72)77(112)59-96(74,5)97(79,137-86)78(113)63-134-84(56-65-16-8-7-9-17-65)105-83(117)60-102-94(122)135-62-66-23-26-69(27-24-66)103-91(119)75(21-14-35-101-93(98)121)104-92(120)88(64(2)3)106-82(116)33-40-127-44-48-131-51-53-132-49-45-128-41-36-99-80(114)29-30-85(118)109-61-67-18-10-11-19-71(67)90-89(73-20-12-13-22-76(73)109)107-108-110(90)38-42-129-46-50-133-54-52-130-47-43-126-39-32-81(115)100-37-55-138(123,124)125/h7-13,16-20,22-24,26-27,31,34,57,64,72,74-75,77,79,84,86-88,112H,6,14-15,21,25,28-30,32-33,35-56,58-63H2,1-5H3,(H,99,114)(H,100,115)(H,102,122)(H,103,119)(H,104,120)(H,105,117)(H,106,116)(H3,98,101,121)(H,123,124,125)/t72-,74-,75-,77-,79+,84?,86?,87+,88-,95-,96-,97+/m0/s1. The average molecular weight is 1950 g/mol. The Balaban J connectivity index is 0.528. The van der Waals surface area contributed by atoms with Crippen LogP contribution in [0.2, 0.25) is 0 Å². The lowest BCUT2D eigenvalue weighted by molar-refractivity contribution is -0.202. The molecule has 6 aliphatic rings. The largest absolute Gasteiger partial charge is 0.445 e. The first-order chi connectivity index (χ1) is 66.5. The van der Waals surface area contributed by atoms with Gasteiger partial charge in [0.05, 0.1) is 148 Å². The molecule has 138 heavy (non-hydrogen) atoms. The first-order valence-corrected chi connectivity index (χ1v) is 49.0. The number of urea groups is 1. The van der Waals surface area contributed by atoms with E-state index < -0.39 is 130 Å². The number of alkyl carbamates (subject to hydrolysis) is 1. The van der Waals surface area contributed by atoms with E-state index in [1.807, 2.05) is 98.8 Å². The highest BCUT2D eigenvalue weighted by Gasteiger charge is 2.76. The Morgan fingerprint density at radius 3 is 1.95 bits per heavy atom. The number of aromatic nitrogens is 3. The minimum atomic E-state index is -4.15. The molecule has 41 heteroatoms. The number of rotatable bonds is 59. The van der Waals surface area contributed by atoms with Crippen LogP contribution in [-0.4, -0.2) is 285 Å². The summed E-state index contributed by atoms with van der Waals surface area (Å²) in [7, 11) is -4.15. The Labute approximate surface area is 803 Å². The molecule has 4 fully saturated rings. The molecule has 12 atom stereocenters. The second kappa shape index (κ2) is 53.5. The minimum absolute atomic E-state index is 0.00761. The number of aliphatic hydroxyl groups is 1. The van der Waals surface area contributed by atoms with E-state index in [1.54, 1.807) is 59.8 Å². The van der Waals surface area contributed by atoms with E-state index in [-0.39, 0.29) is 198 Å². The van der Waals surface area contributed by atoms with Crippen LogP contribution < -0.4 is 53.2 Å². The number of aliphatic hydroxyl groups excluding tert-OH is 1. The highest BCUT2D eigenvalue weighted by Crippen LogP contribution is 2.70. The number of carbonyl (C=O) groups is 11. The predicted octanol–water partition coefficient (Wildman–Crippen LogP) is 5.65. The Morgan fingerprint density at radius 2 is 1.28 bits per heavy atom. The van der Waals surface area contributed by atoms with E-state index in [2.05, 4.69) is 59.8 Å². The van der Waals surface area contributed by atoms with Crippen molar-refractivity contribution in [1.82, 2.24) is 52.2 Å². The zero-order chi connectivity index (χ0) is 98.6. The average Bonchev–Trinajstić information content (AvgIpc) is 1.50. The number of Topliss-reactive ketones (excluding diaryl/α,β-unsaturated/α-hetero) is 1. The van der Waals surface area contributed by atoms with Crippen LogP contribution in [0.15, 0.2) is 127 Å². The molecule has 4 aromatic carbocycles. The van der Waals surface area contributed by atoms with Gasteiger partial charge in [0.15, 0.2) is 23.5 Å². The number of para-hydroxylation sites is 1. The summed E-state index contributed by atoms with van der Waals surface area (Å²) in [6.45, 7) is 13.0. The number of benzene rings is 4. The molecule has 754 valence electrons. The number of nitrogens with zero attached hydrogens (tertiary/aromatic N) is 4. The van der Waals surface area contributed by atoms with E-state index in [1.165, 1.54) is 0 Å². The second-order valence-electron chi connectivity index (χ2n) is 35.6. The van der Waals surface area contributed by atoms with Crippen LogP contribution in [0.5, 0.6) is 0 Å². The molecule has 0 spiro atoms. The summed E-state index contributed by atoms with van der Waals surface area (Å²) < 4.78 is 102. The zero-order valence-corrected chi connectivity index (χ0v) is 79.9. The third-order valence-corrected chi connectivity index (χ3v) is 26.3. The van der Waals surface area contributed by atoms with Gasteiger partial charge in [0.1, 0.15) is 43.8 Å². The Bertz CT molecular complexity index is 5090. The maximum absolute atomic E-state index is 15.2. The molecule has 10 amide bonds. The molecule has 3 saturated carbocycles. The Morgan fingerprint density at radius 1 is 0.659 bits per heavy atom. The number of hydrogen-bond donors (Lipinski definition) is 11. The number of ketones is 2. The predicted molar refractivity (Wildman–Crippen MR) is 502 cm³/mol. The van der Waals surface area contributed by atoms with Gasteiger partial charge < -0.3 is 115 Å². The maximum Gasteiger partial charge on any atom is 0.407 e. The van der Waals surface area contributed by atoms with Gasteiger partial charge in [0.25, 0.3) is 10.1 Å². The van der Waals surface area contributed by atoms with Gasteiger partial charge in [0, 0.05) is 85.3 Å². The maximum atomic E-state index is 15.2. The monoisotopic (exact) mass is 1940 g/mol. The van der Waals surface area contributed by atoms with Gasteiger partial charge in [-0.05, 0) is 110 Å². The van der Waals surface area contributed by atoms with E-state index in [9.17, 15) is 61.5 Å². The third-order valence-electron chi connectivity index (χ3n) is 25.6. The number of carbonyl (C=O) groups excluding carboxylic acids is 11. The molecule has 5 aromatic rings. The first kappa shape index (κ1) is 108. The molecule has 1 aromatic heterocycles. The fourth-order valence-corrected chi connectivity index (χ4v) is 19.3. The van der Waals surface area contributed by atoms with Gasteiger partial charge >= 0.3 is 12.1 Å². The smallest absolute Gasteiger partial charge is 0.407 e. The number of nitrogens with two attached hydrogens (primary N) is 1. The van der Waals surface area contributed by atoms with Gasteiger partial charge in [-0.3, -0.25) is 47.7 Å². The fourth-order valence-electron chi connectivity index (χ4n) is 18.9. The SMILES string of the molecule is CCCC1O[C@@H]2C[C@H]3[C@@H]4CCC5=CC(=O)C=C[C@]5(C)[C@H]4[C@@H](O)C[C@]3(C)[C@]2(C(=O)COC(Cc2ccccc2)NC(=O)CNC(=O)OCc2ccc(NC(=O)[C@H](CCCNC(N)=O)NC(=O)[C@@H](NC(=O)CCOCCOCCOCCOCCNC(=O)CCC(=O)N3Cc4ccccc4-c4c(nnn4CCOCCOCCOCCOCCC(=O)NCCS(=O)(=O)O)-c4ccccc43)C(C)C)cc2)O1. The summed E-state index contributed by atoms with van der Waals surface area (Å²) in [4.78, 5) is 148. The van der Waals surface area contributed by atoms with Crippen molar-refractivity contribution in [2.75, 3.05) is 154 Å². The van der Waals surface area contributed by atoms with Crippen molar-refractivity contribution in [1.29, 1.82) is 0 Å². The Hall–Kier alpha value is -10.9. The van der Waals surface area contributed by atoms with Gasteiger partial charge in [-0.1, -0.05) is 143 Å². The fraction of sp³-hybridized carbons (Fsp3) is 0.577. The summed E-state index contributed by atoms with van der Waals surface area (Å²) in [5.74, 6) is -4.92. The lowest BCUT2D eigenvalue weighted by atomic mass is 9.46. The number of ether oxygens (including phenoxy) is 12. The molecule has 12 N–H and O–H groups in total. The molecule has 0 radical (unpaired) electrons. The second-order valence-corrected chi connectivity index (χ2v) is 37.1. The number of anilines is 2. The van der Waals surface area contributed by atoms with Crippen LogP contribution in [0, 0.1) is 34.5 Å². The summed E-state index contributed by atoms with van der Waals surface area (Å²) in [6.07, 6.45) is 5.06. The van der Waals surface area contributed by atoms with E-state index in [0.29, 0.717) is 87.0 Å². The van der Waals surface area contributed by atoms with Crippen molar-refractivity contribution in [2.45, 2.75) is 180 Å². The van der Waals surface area contributed by atoms with Crippen LogP contribution in [-0.2, 0) is 136 Å². The van der Waals surface area contributed by atoms with Gasteiger partial charge in [0.2, 0.25) is 41.4 Å². The van der Waals surface area contributed by atoms with E-state index in [0.717, 1.165) is 40.8 Å². The van der Waals surface area contributed by atoms with Crippen molar-refractivity contribution >= 4 is 86.5 Å². The third kappa shape index (κ3) is 30.8. The molecular formula is C97H133N13O27S. The number of nitrogens with one attached hydrogen (secondary N) is 8. The van der Waals surface area contributed by atoms with E-state index >= 15 is 4.79 Å². The molecular weight excluding hydrogens is 1810 g/mol. The van der Waals surface area contributed by atoms with Crippen LogP contribution >= 0.6 is 0 Å². The highest BCUT2D eigenvalue weighted by molar-refractivity contribution is 7.85. The lowest BCUT2D eigenvalue weighted by Gasteiger charge is -2.59. The number of amides is 10. The lowest BCUT2D eigenvalue weighted by Crippen LogP contribution is -2.64. The summed E-state index contributed by atoms with van der Waals surface area (Å²) >= 11 is 0. The molecule has 40 nitrogen and oxygen atoms in total. The minimum Gasteiger partial charge on any atom is -0.445 e. The van der Waals surface area contributed by atoms with Gasteiger partial charge in [-0.2, -0.15) is 8.42 Å². The summed E-state index contributed by atoms with van der Waals surface area (Å²) in [6, 6.07) is 27.8. The molecule has 11 rings (SSSR count). The summed E-state index contributed by atoms with van der Waals surface area (Å²) in [5, 5.41) is 42.7. The zero-order valence-electron chi connectivity index (χ0n) is 79.1. The molecule has 3 heterocycles. The number of fused-ring (bicyclic) bond motifs is 12. The van der Waals surface area contributed by atoms with Gasteiger partial charge in [-0.25, -0.2) is 14.3 Å². The quantitative estimate of drug-likeness (QED) is 0.0127. The van der Waals surface area contributed by atoms with Crippen LogP contribution in [0.1, 0.15) is 128 Å². The normalized spacial score (nSPS) is 21.2. The number of primary amides is 1. The topological polar surface area (TPSA) is 529 Å². The highest BCUT2D eigenvalue weighted by atomic mass is 32.2. The summed E-state index contributed by atoms with van der Waals surface area (Å²) in [5.41, 5.74) is 9.52. The molecule has 1 saturated heterocycles. The van der Waals surface area contributed by atoms with Crippen LogP contribution in [0.3, 0.4) is 0 Å². The molecule has 4 aliphatic carbocycles. The van der Waals surface area contributed by atoms with Crippen molar-refractivity contribution in [3.05, 3.63) is 144 Å². The van der Waals surface area contributed by atoms with Crippen LogP contribution in [0.25, 0.3) is 22.5 Å². The van der Waals surface area contributed by atoms with Crippen molar-refractivity contribution < 1.29 is 128 Å². The molecule has 2 unspecified atom stereocenters. The Kier molecular flexibility index (Phi) is 41.7.